The number of rotatable bonds is 54. The minimum atomic E-state index is -0.518. The van der Waals surface area contributed by atoms with Crippen molar-refractivity contribution in [3.05, 3.63) is 34.9 Å². The van der Waals surface area contributed by atoms with Crippen LogP contribution in [0.4, 0.5) is 0 Å². The van der Waals surface area contributed by atoms with Gasteiger partial charge in [-0.2, -0.15) is 0 Å². The van der Waals surface area contributed by atoms with E-state index in [9.17, 15) is 14.4 Å². The molecule has 0 saturated carbocycles. The second-order valence-corrected chi connectivity index (χ2v) is 21.1. The largest absolute Gasteiger partial charge is 0.462 e. The Morgan fingerprint density at radius 2 is 0.362 bits per heavy atom. The summed E-state index contributed by atoms with van der Waals surface area (Å²) in [6, 6.07) is 4.54. The Hall–Kier alpha value is -2.37. The fraction of sp³-hybridized carbons (Fsp3) is 0.857. The quantitative estimate of drug-likeness (QED) is 0.0368. The maximum absolute atomic E-state index is 13.3. The van der Waals surface area contributed by atoms with Crippen LogP contribution in [0.1, 0.15) is 360 Å². The van der Waals surface area contributed by atoms with Gasteiger partial charge in [-0.25, -0.2) is 14.4 Å². The molecule has 1 rings (SSSR count). The summed E-state index contributed by atoms with van der Waals surface area (Å²) in [7, 11) is 0. The zero-order chi connectivity index (χ0) is 49.8. The van der Waals surface area contributed by atoms with Crippen LogP contribution in [-0.4, -0.2) is 37.7 Å². The third kappa shape index (κ3) is 43.0. The summed E-state index contributed by atoms with van der Waals surface area (Å²) in [5, 5.41) is 0. The third-order valence-electron chi connectivity index (χ3n) is 14.3. The number of carbonyl (C=O) groups is 3. The van der Waals surface area contributed by atoms with Gasteiger partial charge in [-0.3, -0.25) is 0 Å². The van der Waals surface area contributed by atoms with Gasteiger partial charge in [0.25, 0.3) is 0 Å². The van der Waals surface area contributed by atoms with Crippen molar-refractivity contribution in [1.29, 1.82) is 0 Å². The van der Waals surface area contributed by atoms with Crippen LogP contribution < -0.4 is 0 Å². The van der Waals surface area contributed by atoms with Gasteiger partial charge in [0.15, 0.2) is 0 Å². The Morgan fingerprint density at radius 1 is 0.232 bits per heavy atom. The summed E-state index contributed by atoms with van der Waals surface area (Å²) in [5.41, 5.74) is 0.577. The lowest BCUT2D eigenvalue weighted by Gasteiger charge is -2.11. The first-order valence-electron chi connectivity index (χ1n) is 30.7. The van der Waals surface area contributed by atoms with Crippen LogP contribution in [-0.2, 0) is 14.2 Å². The van der Waals surface area contributed by atoms with Gasteiger partial charge in [-0.1, -0.05) is 310 Å². The van der Waals surface area contributed by atoms with Crippen molar-refractivity contribution >= 4 is 17.9 Å². The van der Waals surface area contributed by atoms with Crippen LogP contribution in [0.15, 0.2) is 18.2 Å². The molecule has 0 unspecified atom stereocenters. The molecule has 0 fully saturated rings. The molecular formula is C63H114O6. The summed E-state index contributed by atoms with van der Waals surface area (Å²) < 4.78 is 17.0. The molecule has 0 heterocycles. The molecule has 0 saturated heterocycles. The summed E-state index contributed by atoms with van der Waals surface area (Å²) in [5.74, 6) is -1.55. The van der Waals surface area contributed by atoms with E-state index in [4.69, 9.17) is 14.2 Å². The molecule has 69 heavy (non-hydrogen) atoms. The number of hydrogen-bond acceptors (Lipinski definition) is 6. The zero-order valence-electron chi connectivity index (χ0n) is 46.2. The number of unbranched alkanes of at least 4 members (excludes halogenated alkanes) is 45. The SMILES string of the molecule is CCCCCCCCCCCCCCCCCCOC(=O)c1cc(C(=O)OCCCCCCCCCCCCCCCCCC)cc(C(=O)OCCCCCCCCCCCCCCCCCC)c1. The number of hydrogen-bond donors (Lipinski definition) is 0. The van der Waals surface area contributed by atoms with Crippen molar-refractivity contribution < 1.29 is 28.6 Å². The van der Waals surface area contributed by atoms with Gasteiger partial charge in [0.2, 0.25) is 0 Å². The summed E-state index contributed by atoms with van der Waals surface area (Å²) in [6.45, 7) is 7.81. The van der Waals surface area contributed by atoms with Gasteiger partial charge < -0.3 is 14.2 Å². The van der Waals surface area contributed by atoms with E-state index in [2.05, 4.69) is 20.8 Å². The fourth-order valence-corrected chi connectivity index (χ4v) is 9.68. The van der Waals surface area contributed by atoms with Crippen molar-refractivity contribution in [2.24, 2.45) is 0 Å². The fourth-order valence-electron chi connectivity index (χ4n) is 9.68. The molecule has 6 nitrogen and oxygen atoms in total. The average Bonchev–Trinajstić information content (AvgIpc) is 3.36. The first-order valence-corrected chi connectivity index (χ1v) is 30.7. The summed E-state index contributed by atoms with van der Waals surface area (Å²) >= 11 is 0. The smallest absolute Gasteiger partial charge is 0.338 e. The van der Waals surface area contributed by atoms with Gasteiger partial charge >= 0.3 is 17.9 Å². The Bertz CT molecular complexity index is 1110. The van der Waals surface area contributed by atoms with Gasteiger partial charge in [0.1, 0.15) is 0 Å². The van der Waals surface area contributed by atoms with E-state index in [1.807, 2.05) is 0 Å². The molecule has 0 N–H and O–H groups in total. The highest BCUT2D eigenvalue weighted by molar-refractivity contribution is 6.00. The molecule has 1 aromatic carbocycles. The highest BCUT2D eigenvalue weighted by atomic mass is 16.5. The first-order chi connectivity index (χ1) is 34.0. The van der Waals surface area contributed by atoms with E-state index in [-0.39, 0.29) is 16.7 Å². The predicted molar refractivity (Wildman–Crippen MR) is 296 cm³/mol. The maximum atomic E-state index is 13.3. The number of ether oxygens (including phenoxy) is 3. The van der Waals surface area contributed by atoms with E-state index < -0.39 is 17.9 Å². The van der Waals surface area contributed by atoms with Gasteiger partial charge in [0.05, 0.1) is 36.5 Å². The molecule has 1 aromatic rings. The van der Waals surface area contributed by atoms with Gasteiger partial charge in [-0.15, -0.1) is 0 Å². The van der Waals surface area contributed by atoms with Crippen molar-refractivity contribution in [2.45, 2.75) is 329 Å². The van der Waals surface area contributed by atoms with Crippen LogP contribution >= 0.6 is 0 Å². The molecule has 0 aliphatic heterocycles. The second kappa shape index (κ2) is 52.0. The minimum absolute atomic E-state index is 0.192. The van der Waals surface area contributed by atoms with E-state index in [0.717, 1.165) is 57.8 Å². The lowest BCUT2D eigenvalue weighted by atomic mass is 10.0. The van der Waals surface area contributed by atoms with Crippen LogP contribution in [0.3, 0.4) is 0 Å². The lowest BCUT2D eigenvalue weighted by Crippen LogP contribution is -2.14. The molecule has 0 atom stereocenters. The zero-order valence-corrected chi connectivity index (χ0v) is 46.2. The number of carbonyl (C=O) groups excluding carboxylic acids is 3. The van der Waals surface area contributed by atoms with Gasteiger partial charge in [-0.05, 0) is 37.5 Å². The minimum Gasteiger partial charge on any atom is -0.462 e. The van der Waals surface area contributed by atoms with E-state index in [1.54, 1.807) is 0 Å². The third-order valence-corrected chi connectivity index (χ3v) is 14.3. The number of benzene rings is 1. The standard InChI is InChI=1S/C63H114O6/c1-4-7-10-13-16-19-22-25-28-31-34-37-40-43-46-49-52-67-61(64)58-55-59(62(65)68-53-50-47-44-41-38-35-32-29-26-23-20-17-14-11-8-5-2)57-60(56-58)63(66)69-54-51-48-45-42-39-36-33-30-27-24-21-18-15-12-9-6-3/h55-57H,4-54H2,1-3H3. The normalized spacial score (nSPS) is 11.3. The summed E-state index contributed by atoms with van der Waals surface area (Å²) in [4.78, 5) is 39.8. The molecular weight excluding hydrogens is 853 g/mol. The van der Waals surface area contributed by atoms with Crippen molar-refractivity contribution in [3.8, 4) is 0 Å². The first kappa shape index (κ1) is 64.6. The van der Waals surface area contributed by atoms with E-state index in [1.165, 1.54) is 269 Å². The summed E-state index contributed by atoms with van der Waals surface area (Å²) in [6.07, 6.45) is 61.8. The number of esters is 3. The van der Waals surface area contributed by atoms with Crippen LogP contribution in [0.5, 0.6) is 0 Å². The lowest BCUT2D eigenvalue weighted by molar-refractivity contribution is 0.0494. The molecule has 0 aromatic heterocycles. The Morgan fingerprint density at radius 3 is 0.507 bits per heavy atom. The molecule has 0 radical (unpaired) electrons. The van der Waals surface area contributed by atoms with Gasteiger partial charge in [0, 0.05) is 0 Å². The highest BCUT2D eigenvalue weighted by Gasteiger charge is 2.19. The van der Waals surface area contributed by atoms with Crippen molar-refractivity contribution in [3.63, 3.8) is 0 Å². The Kier molecular flexibility index (Phi) is 48.7. The Balaban J connectivity index is 2.43. The molecule has 402 valence electrons. The average molecular weight is 968 g/mol. The molecule has 0 amide bonds. The molecule has 0 aliphatic rings. The van der Waals surface area contributed by atoms with Crippen molar-refractivity contribution in [2.75, 3.05) is 19.8 Å². The van der Waals surface area contributed by atoms with Crippen LogP contribution in [0.2, 0.25) is 0 Å². The van der Waals surface area contributed by atoms with E-state index >= 15 is 0 Å². The van der Waals surface area contributed by atoms with Crippen LogP contribution in [0, 0.1) is 0 Å². The van der Waals surface area contributed by atoms with Crippen molar-refractivity contribution in [1.82, 2.24) is 0 Å². The molecule has 0 bridgehead atoms. The molecule has 0 spiro atoms. The topological polar surface area (TPSA) is 78.9 Å². The molecule has 6 heteroatoms. The maximum Gasteiger partial charge on any atom is 0.338 e. The second-order valence-electron chi connectivity index (χ2n) is 21.1. The van der Waals surface area contributed by atoms with E-state index in [0.29, 0.717) is 19.8 Å². The highest BCUT2D eigenvalue weighted by Crippen LogP contribution is 2.19. The predicted octanol–water partition coefficient (Wildman–Crippen LogP) is 20.9. The molecule has 0 aliphatic carbocycles. The Labute approximate surface area is 428 Å². The monoisotopic (exact) mass is 967 g/mol. The van der Waals surface area contributed by atoms with Crippen LogP contribution in [0.25, 0.3) is 0 Å².